The van der Waals surface area contributed by atoms with Crippen LogP contribution in [0.5, 0.6) is 5.75 Å². The van der Waals surface area contributed by atoms with Crippen LogP contribution >= 0.6 is 15.9 Å². The number of ether oxygens (including phenoxy) is 1. The van der Waals surface area contributed by atoms with E-state index in [1.807, 2.05) is 35.0 Å². The Morgan fingerprint density at radius 3 is 2.75 bits per heavy atom. The predicted molar refractivity (Wildman–Crippen MR) is 94.1 cm³/mol. The number of para-hydroxylation sites is 1. The number of nitrogens with zero attached hydrogens (tertiary/aromatic N) is 4. The largest absolute Gasteiger partial charge is 0.496 e. The molecule has 2 atom stereocenters. The SMILES string of the molecule is COc1ccccc1[C@@H]1C[C@@H](c2ccc(Br)cc2)Nc2nnnn21. The van der Waals surface area contributed by atoms with Gasteiger partial charge in [0, 0.05) is 10.0 Å². The summed E-state index contributed by atoms with van der Waals surface area (Å²) in [6.07, 6.45) is 0.833. The quantitative estimate of drug-likeness (QED) is 0.745. The molecule has 0 bridgehead atoms. The molecule has 0 spiro atoms. The fourth-order valence-corrected chi connectivity index (χ4v) is 3.42. The van der Waals surface area contributed by atoms with Gasteiger partial charge in [0.15, 0.2) is 0 Å². The van der Waals surface area contributed by atoms with Gasteiger partial charge in [0.25, 0.3) is 0 Å². The summed E-state index contributed by atoms with van der Waals surface area (Å²) in [6.45, 7) is 0. The highest BCUT2D eigenvalue weighted by atomic mass is 79.9. The van der Waals surface area contributed by atoms with Gasteiger partial charge in [-0.05, 0) is 40.6 Å². The molecule has 2 aromatic carbocycles. The molecule has 0 radical (unpaired) electrons. The van der Waals surface area contributed by atoms with Crippen molar-refractivity contribution in [3.63, 3.8) is 0 Å². The molecule has 7 heteroatoms. The highest BCUT2D eigenvalue weighted by molar-refractivity contribution is 9.10. The highest BCUT2D eigenvalue weighted by Gasteiger charge is 2.32. The first-order chi connectivity index (χ1) is 11.8. The molecule has 1 N–H and O–H groups in total. The van der Waals surface area contributed by atoms with Crippen LogP contribution in [-0.4, -0.2) is 27.3 Å². The fourth-order valence-electron chi connectivity index (χ4n) is 3.15. The Bertz CT molecular complexity index is 848. The van der Waals surface area contributed by atoms with Crippen LogP contribution in [-0.2, 0) is 0 Å². The lowest BCUT2D eigenvalue weighted by Gasteiger charge is -2.31. The number of hydrogen-bond donors (Lipinski definition) is 1. The molecular weight excluding hydrogens is 370 g/mol. The molecule has 0 saturated heterocycles. The van der Waals surface area contributed by atoms with Crippen LogP contribution in [0.1, 0.15) is 29.6 Å². The first-order valence-corrected chi connectivity index (χ1v) is 8.48. The van der Waals surface area contributed by atoms with Crippen molar-refractivity contribution in [1.82, 2.24) is 20.2 Å². The zero-order valence-electron chi connectivity index (χ0n) is 13.1. The maximum Gasteiger partial charge on any atom is 0.243 e. The summed E-state index contributed by atoms with van der Waals surface area (Å²) in [5.74, 6) is 1.52. The van der Waals surface area contributed by atoms with Crippen molar-refractivity contribution < 1.29 is 4.74 Å². The highest BCUT2D eigenvalue weighted by Crippen LogP contribution is 2.40. The van der Waals surface area contributed by atoms with E-state index in [2.05, 4.69) is 55.0 Å². The van der Waals surface area contributed by atoms with Crippen LogP contribution in [0.25, 0.3) is 0 Å². The number of rotatable bonds is 3. The van der Waals surface area contributed by atoms with E-state index in [9.17, 15) is 0 Å². The lowest BCUT2D eigenvalue weighted by Crippen LogP contribution is -2.28. The Kier molecular flexibility index (Phi) is 3.93. The molecule has 0 fully saturated rings. The fraction of sp³-hybridized carbons (Fsp3) is 0.235. The third-order valence-electron chi connectivity index (χ3n) is 4.32. The van der Waals surface area contributed by atoms with E-state index < -0.39 is 0 Å². The average Bonchev–Trinajstić information content (AvgIpc) is 3.10. The number of halogens is 1. The standard InChI is InChI=1S/C17H16BrN5O/c1-24-16-5-3-2-4-13(16)15-10-14(11-6-8-12(18)9-7-11)19-17-20-21-22-23(15)17/h2-9,14-15H,10H2,1H3,(H,19,20,22)/t14-,15-/m0/s1. The Hall–Kier alpha value is -2.41. The van der Waals surface area contributed by atoms with E-state index in [1.54, 1.807) is 7.11 Å². The van der Waals surface area contributed by atoms with Gasteiger partial charge < -0.3 is 10.1 Å². The third kappa shape index (κ3) is 2.65. The van der Waals surface area contributed by atoms with Crippen molar-refractivity contribution in [2.24, 2.45) is 0 Å². The van der Waals surface area contributed by atoms with Gasteiger partial charge in [0.2, 0.25) is 5.95 Å². The molecule has 4 rings (SSSR count). The molecule has 0 aliphatic carbocycles. The van der Waals surface area contributed by atoms with Crippen LogP contribution in [0, 0.1) is 0 Å². The van der Waals surface area contributed by atoms with Crippen molar-refractivity contribution in [3.05, 3.63) is 64.1 Å². The molecule has 0 unspecified atom stereocenters. The van der Waals surface area contributed by atoms with Crippen LogP contribution in [0.3, 0.4) is 0 Å². The number of fused-ring (bicyclic) bond motifs is 1. The summed E-state index contributed by atoms with van der Waals surface area (Å²) < 4.78 is 8.43. The van der Waals surface area contributed by atoms with E-state index >= 15 is 0 Å². The first kappa shape index (κ1) is 15.1. The second-order valence-corrected chi connectivity index (χ2v) is 6.60. The predicted octanol–water partition coefficient (Wildman–Crippen LogP) is 3.59. The van der Waals surface area contributed by atoms with Gasteiger partial charge in [-0.25, -0.2) is 4.68 Å². The van der Waals surface area contributed by atoms with E-state index in [1.165, 1.54) is 5.56 Å². The Morgan fingerprint density at radius 1 is 1.17 bits per heavy atom. The van der Waals surface area contributed by atoms with Crippen molar-refractivity contribution in [3.8, 4) is 5.75 Å². The number of anilines is 1. The minimum atomic E-state index is 0.0149. The van der Waals surface area contributed by atoms with E-state index in [0.717, 1.165) is 22.2 Å². The molecule has 1 aliphatic heterocycles. The van der Waals surface area contributed by atoms with Crippen molar-refractivity contribution in [1.29, 1.82) is 0 Å². The zero-order valence-corrected chi connectivity index (χ0v) is 14.6. The van der Waals surface area contributed by atoms with Crippen LogP contribution in [0.15, 0.2) is 53.0 Å². The van der Waals surface area contributed by atoms with Crippen molar-refractivity contribution in [2.75, 3.05) is 12.4 Å². The number of methoxy groups -OCH3 is 1. The Balaban J connectivity index is 1.75. The van der Waals surface area contributed by atoms with Gasteiger partial charge in [0.05, 0.1) is 19.2 Å². The Morgan fingerprint density at radius 2 is 1.96 bits per heavy atom. The van der Waals surface area contributed by atoms with E-state index in [0.29, 0.717) is 5.95 Å². The second-order valence-electron chi connectivity index (χ2n) is 5.69. The monoisotopic (exact) mass is 385 g/mol. The topological polar surface area (TPSA) is 64.9 Å². The molecule has 6 nitrogen and oxygen atoms in total. The second kappa shape index (κ2) is 6.24. The number of tetrazole rings is 1. The number of nitrogens with one attached hydrogen (secondary N) is 1. The van der Waals surface area contributed by atoms with Gasteiger partial charge in [-0.1, -0.05) is 51.4 Å². The smallest absolute Gasteiger partial charge is 0.243 e. The van der Waals surface area contributed by atoms with E-state index in [-0.39, 0.29) is 12.1 Å². The van der Waals surface area contributed by atoms with Gasteiger partial charge in [-0.3, -0.25) is 0 Å². The summed E-state index contributed by atoms with van der Waals surface area (Å²) in [7, 11) is 1.69. The number of hydrogen-bond acceptors (Lipinski definition) is 5. The average molecular weight is 386 g/mol. The maximum absolute atomic E-state index is 5.54. The summed E-state index contributed by atoms with van der Waals surface area (Å²) in [4.78, 5) is 0. The minimum Gasteiger partial charge on any atom is -0.496 e. The van der Waals surface area contributed by atoms with Gasteiger partial charge in [0.1, 0.15) is 5.75 Å². The Labute approximate surface area is 148 Å². The zero-order chi connectivity index (χ0) is 16.5. The summed E-state index contributed by atoms with van der Waals surface area (Å²) in [5, 5.41) is 15.5. The first-order valence-electron chi connectivity index (χ1n) is 7.69. The normalized spacial score (nSPS) is 19.4. The van der Waals surface area contributed by atoms with E-state index in [4.69, 9.17) is 4.74 Å². The summed E-state index contributed by atoms with van der Waals surface area (Å²) in [5.41, 5.74) is 2.28. The van der Waals surface area contributed by atoms with Crippen LogP contribution in [0.4, 0.5) is 5.95 Å². The molecule has 1 aromatic heterocycles. The number of aromatic nitrogens is 4. The molecular formula is C17H16BrN5O. The molecule has 0 amide bonds. The van der Waals surface area contributed by atoms with Gasteiger partial charge >= 0.3 is 0 Å². The molecule has 1 aliphatic rings. The molecule has 2 heterocycles. The van der Waals surface area contributed by atoms with Crippen LogP contribution in [0.2, 0.25) is 0 Å². The maximum atomic E-state index is 5.54. The lowest BCUT2D eigenvalue weighted by molar-refractivity contribution is 0.377. The molecule has 0 saturated carbocycles. The number of benzene rings is 2. The minimum absolute atomic E-state index is 0.0149. The molecule has 24 heavy (non-hydrogen) atoms. The van der Waals surface area contributed by atoms with Gasteiger partial charge in [-0.15, -0.1) is 0 Å². The van der Waals surface area contributed by atoms with Crippen molar-refractivity contribution in [2.45, 2.75) is 18.5 Å². The summed E-state index contributed by atoms with van der Waals surface area (Å²) >= 11 is 3.48. The van der Waals surface area contributed by atoms with Crippen LogP contribution < -0.4 is 10.1 Å². The van der Waals surface area contributed by atoms with Gasteiger partial charge in [-0.2, -0.15) is 0 Å². The van der Waals surface area contributed by atoms with Crippen molar-refractivity contribution >= 4 is 21.9 Å². The third-order valence-corrected chi connectivity index (χ3v) is 4.85. The molecule has 3 aromatic rings. The summed E-state index contributed by atoms with van der Waals surface area (Å²) in [6, 6.07) is 16.5. The molecule has 122 valence electrons. The lowest BCUT2D eigenvalue weighted by atomic mass is 9.93.